The number of para-hydroxylation sites is 2. The molecule has 0 aromatic heterocycles. The summed E-state index contributed by atoms with van der Waals surface area (Å²) in [4.78, 5) is 31.7. The van der Waals surface area contributed by atoms with E-state index in [4.69, 9.17) is 0 Å². The first-order chi connectivity index (χ1) is 19.1. The summed E-state index contributed by atoms with van der Waals surface area (Å²) >= 11 is 0. The first-order valence-corrected chi connectivity index (χ1v) is 14.0. The van der Waals surface area contributed by atoms with E-state index in [-0.39, 0.29) is 23.9 Å². The van der Waals surface area contributed by atoms with Gasteiger partial charge in [-0.15, -0.1) is 0 Å². The summed E-state index contributed by atoms with van der Waals surface area (Å²) in [5, 5.41) is 0. The monoisotopic (exact) mass is 516 g/mol. The molecule has 0 radical (unpaired) electrons. The Bertz CT molecular complexity index is 1400. The van der Waals surface area contributed by atoms with Gasteiger partial charge in [0.15, 0.2) is 0 Å². The van der Waals surface area contributed by atoms with Crippen LogP contribution in [0.15, 0.2) is 109 Å². The summed E-state index contributed by atoms with van der Waals surface area (Å²) in [5.41, 5.74) is 5.28. The van der Waals surface area contributed by atoms with E-state index in [2.05, 4.69) is 32.0 Å². The zero-order valence-corrected chi connectivity index (χ0v) is 22.8. The van der Waals surface area contributed by atoms with Crippen LogP contribution in [0, 0.1) is 0 Å². The average molecular weight is 517 g/mol. The van der Waals surface area contributed by atoms with E-state index in [1.54, 1.807) is 0 Å². The number of amides is 2. The number of unbranched alkanes of at least 4 members (excludes halogenated alkanes) is 2. The van der Waals surface area contributed by atoms with E-state index in [0.29, 0.717) is 17.5 Å². The number of carbonyl (C=O) groups is 2. The summed E-state index contributed by atoms with van der Waals surface area (Å²) in [6.07, 6.45) is 5.23. The summed E-state index contributed by atoms with van der Waals surface area (Å²) in [7, 11) is 0. The lowest BCUT2D eigenvalue weighted by molar-refractivity contribution is 0.0965. The van der Waals surface area contributed by atoms with Crippen LogP contribution in [-0.2, 0) is 6.42 Å². The van der Waals surface area contributed by atoms with E-state index in [9.17, 15) is 9.59 Å². The van der Waals surface area contributed by atoms with Crippen molar-refractivity contribution < 1.29 is 9.59 Å². The van der Waals surface area contributed by atoms with E-state index in [1.807, 2.05) is 101 Å². The molecule has 1 aliphatic heterocycles. The highest BCUT2D eigenvalue weighted by molar-refractivity contribution is 6.09. The Kier molecular flexibility index (Phi) is 8.21. The van der Waals surface area contributed by atoms with Crippen molar-refractivity contribution >= 4 is 23.2 Å². The number of benzene rings is 4. The van der Waals surface area contributed by atoms with E-state index in [0.717, 1.165) is 29.8 Å². The fourth-order valence-corrected chi connectivity index (χ4v) is 5.62. The molecule has 0 saturated heterocycles. The van der Waals surface area contributed by atoms with Crippen molar-refractivity contribution in [3.05, 3.63) is 131 Å². The standard InChI is InChI=1S/C35H36N2O2/c1-3-4-7-14-27-21-23-29(24-22-27)35(39)37(30-17-10-6-11-18-30)33-25-26(2)36(32-20-13-12-19-31(32)33)34(38)28-15-8-5-9-16-28/h5-6,8-13,15-24,26,33H,3-4,7,14,25H2,1-2H3/t26-,33-/m1/s1. The molecule has 5 rings (SSSR count). The molecule has 1 heterocycles. The van der Waals surface area contributed by atoms with E-state index in [1.165, 1.54) is 18.4 Å². The molecule has 4 nitrogen and oxygen atoms in total. The van der Waals surface area contributed by atoms with E-state index >= 15 is 0 Å². The Morgan fingerprint density at radius 3 is 2.10 bits per heavy atom. The quantitative estimate of drug-likeness (QED) is 0.221. The number of nitrogens with zero attached hydrogens (tertiary/aromatic N) is 2. The fraction of sp³-hybridized carbons (Fsp3) is 0.257. The van der Waals surface area contributed by atoms with Crippen molar-refractivity contribution in [3.63, 3.8) is 0 Å². The molecule has 0 N–H and O–H groups in total. The van der Waals surface area contributed by atoms with E-state index < -0.39 is 0 Å². The molecule has 4 aromatic carbocycles. The number of fused-ring (bicyclic) bond motifs is 1. The van der Waals surface area contributed by atoms with Crippen LogP contribution in [0.3, 0.4) is 0 Å². The van der Waals surface area contributed by atoms with Crippen molar-refractivity contribution in [2.24, 2.45) is 0 Å². The first kappa shape index (κ1) is 26.4. The van der Waals surface area contributed by atoms with Gasteiger partial charge in [0.05, 0.1) is 6.04 Å². The Morgan fingerprint density at radius 1 is 0.769 bits per heavy atom. The normalized spacial score (nSPS) is 16.4. The lowest BCUT2D eigenvalue weighted by Crippen LogP contribution is -2.47. The lowest BCUT2D eigenvalue weighted by atomic mass is 9.89. The molecule has 198 valence electrons. The minimum absolute atomic E-state index is 0.0229. The van der Waals surface area contributed by atoms with Gasteiger partial charge in [0.2, 0.25) is 0 Å². The molecule has 39 heavy (non-hydrogen) atoms. The molecule has 0 bridgehead atoms. The van der Waals surface area contributed by atoms with Gasteiger partial charge in [-0.25, -0.2) is 0 Å². The second kappa shape index (κ2) is 12.1. The zero-order valence-electron chi connectivity index (χ0n) is 22.8. The predicted molar refractivity (Wildman–Crippen MR) is 159 cm³/mol. The minimum atomic E-state index is -0.213. The number of anilines is 2. The third-order valence-corrected chi connectivity index (χ3v) is 7.63. The highest BCUT2D eigenvalue weighted by atomic mass is 16.2. The number of hydrogen-bond donors (Lipinski definition) is 0. The molecule has 0 fully saturated rings. The molecule has 1 aliphatic rings. The van der Waals surface area contributed by atoms with Gasteiger partial charge >= 0.3 is 0 Å². The Morgan fingerprint density at radius 2 is 1.41 bits per heavy atom. The maximum atomic E-state index is 14.2. The van der Waals surface area contributed by atoms with Gasteiger partial charge < -0.3 is 9.80 Å². The zero-order chi connectivity index (χ0) is 27.2. The van der Waals surface area contributed by atoms with Crippen molar-refractivity contribution in [3.8, 4) is 0 Å². The molecular weight excluding hydrogens is 480 g/mol. The van der Waals surface area contributed by atoms with Gasteiger partial charge in [-0.3, -0.25) is 9.59 Å². The second-order valence-corrected chi connectivity index (χ2v) is 10.4. The van der Waals surface area contributed by atoms with Crippen LogP contribution >= 0.6 is 0 Å². The van der Waals surface area contributed by atoms with Crippen LogP contribution in [0.5, 0.6) is 0 Å². The lowest BCUT2D eigenvalue weighted by Gasteiger charge is -2.43. The number of carbonyl (C=O) groups excluding carboxylic acids is 2. The summed E-state index contributed by atoms with van der Waals surface area (Å²) in [6.45, 7) is 4.28. The van der Waals surface area contributed by atoms with Gasteiger partial charge in [-0.2, -0.15) is 0 Å². The van der Waals surface area contributed by atoms with Crippen LogP contribution < -0.4 is 9.80 Å². The molecule has 0 saturated carbocycles. The minimum Gasteiger partial charge on any atom is -0.305 e. The maximum Gasteiger partial charge on any atom is 0.258 e. The first-order valence-electron chi connectivity index (χ1n) is 14.0. The molecule has 0 spiro atoms. The molecule has 2 amide bonds. The largest absolute Gasteiger partial charge is 0.305 e. The summed E-state index contributed by atoms with van der Waals surface area (Å²) in [6, 6.07) is 35.1. The van der Waals surface area contributed by atoms with Crippen LogP contribution in [0.2, 0.25) is 0 Å². The topological polar surface area (TPSA) is 40.6 Å². The van der Waals surface area contributed by atoms with Gasteiger partial charge in [0, 0.05) is 28.5 Å². The Balaban J connectivity index is 1.52. The van der Waals surface area contributed by atoms with Gasteiger partial charge in [-0.1, -0.05) is 86.5 Å². The molecule has 4 aromatic rings. The van der Waals surface area contributed by atoms with Crippen LogP contribution in [0.25, 0.3) is 0 Å². The van der Waals surface area contributed by atoms with Crippen molar-refractivity contribution in [1.82, 2.24) is 0 Å². The second-order valence-electron chi connectivity index (χ2n) is 10.4. The van der Waals surface area contributed by atoms with Crippen LogP contribution in [-0.4, -0.2) is 17.9 Å². The fourth-order valence-electron chi connectivity index (χ4n) is 5.62. The Labute approximate surface area is 231 Å². The van der Waals surface area contributed by atoms with Crippen molar-refractivity contribution in [2.45, 2.75) is 58.0 Å². The predicted octanol–water partition coefficient (Wildman–Crippen LogP) is 8.25. The smallest absolute Gasteiger partial charge is 0.258 e. The number of rotatable bonds is 8. The van der Waals surface area contributed by atoms with Gasteiger partial charge in [0.1, 0.15) is 0 Å². The molecular formula is C35H36N2O2. The highest BCUT2D eigenvalue weighted by Gasteiger charge is 2.39. The molecule has 0 aliphatic carbocycles. The highest BCUT2D eigenvalue weighted by Crippen LogP contribution is 2.43. The van der Waals surface area contributed by atoms with Crippen LogP contribution in [0.4, 0.5) is 11.4 Å². The summed E-state index contributed by atoms with van der Waals surface area (Å²) < 4.78 is 0. The van der Waals surface area contributed by atoms with Crippen molar-refractivity contribution in [2.75, 3.05) is 9.80 Å². The number of aryl methyl sites for hydroxylation is 1. The number of hydrogen-bond acceptors (Lipinski definition) is 2. The van der Waals surface area contributed by atoms with Gasteiger partial charge in [-0.05, 0) is 79.8 Å². The molecule has 4 heteroatoms. The SMILES string of the molecule is CCCCCc1ccc(C(=O)N(c2ccccc2)[C@@H]2C[C@@H](C)N(C(=O)c3ccccc3)c3ccccc32)cc1. The summed E-state index contributed by atoms with van der Waals surface area (Å²) in [5.74, 6) is -0.0543. The molecule has 0 unspecified atom stereocenters. The third-order valence-electron chi connectivity index (χ3n) is 7.63. The third kappa shape index (κ3) is 5.65. The Hall–Kier alpha value is -4.18. The van der Waals surface area contributed by atoms with Crippen molar-refractivity contribution in [1.29, 1.82) is 0 Å². The average Bonchev–Trinajstić information content (AvgIpc) is 2.98. The molecule has 2 atom stereocenters. The maximum absolute atomic E-state index is 14.2. The van der Waals surface area contributed by atoms with Crippen LogP contribution in [0.1, 0.15) is 77.4 Å². The van der Waals surface area contributed by atoms with Gasteiger partial charge in [0.25, 0.3) is 11.8 Å².